The van der Waals surface area contributed by atoms with Crippen LogP contribution in [0, 0.1) is 0 Å². The quantitative estimate of drug-likeness (QED) is 0.300. The van der Waals surface area contributed by atoms with Crippen LogP contribution in [0.2, 0.25) is 0 Å². The highest BCUT2D eigenvalue weighted by Gasteiger charge is 2.36. The summed E-state index contributed by atoms with van der Waals surface area (Å²) in [5.74, 6) is -0.541. The Labute approximate surface area is 212 Å². The summed E-state index contributed by atoms with van der Waals surface area (Å²) in [5.41, 5.74) is 2.74. The zero-order valence-corrected chi connectivity index (χ0v) is 20.7. The van der Waals surface area contributed by atoms with E-state index in [-0.39, 0.29) is 6.61 Å². The van der Waals surface area contributed by atoms with Crippen molar-refractivity contribution in [3.63, 3.8) is 0 Å². The minimum Gasteiger partial charge on any atom is -0.444 e. The van der Waals surface area contributed by atoms with Crippen LogP contribution in [-0.2, 0) is 22.7 Å². The lowest BCUT2D eigenvalue weighted by molar-refractivity contribution is -0.103. The first-order valence-electron chi connectivity index (χ1n) is 11.9. The van der Waals surface area contributed by atoms with E-state index in [0.717, 1.165) is 10.6 Å². The van der Waals surface area contributed by atoms with Gasteiger partial charge in [-0.3, -0.25) is 24.4 Å². The number of fused-ring (bicyclic) bond motifs is 4. The van der Waals surface area contributed by atoms with E-state index in [1.54, 1.807) is 63.5 Å². The largest absolute Gasteiger partial charge is 0.444 e. The van der Waals surface area contributed by atoms with Crippen molar-refractivity contribution in [2.75, 3.05) is 6.54 Å². The van der Waals surface area contributed by atoms with Crippen LogP contribution in [0.25, 0.3) is 22.1 Å². The minimum atomic E-state index is -0.586. The zero-order valence-electron chi connectivity index (χ0n) is 20.7. The minimum absolute atomic E-state index is 0.131. The van der Waals surface area contributed by atoms with Gasteiger partial charge in [0.1, 0.15) is 29.1 Å². The summed E-state index contributed by atoms with van der Waals surface area (Å²) in [6.45, 7) is 6.10. The van der Waals surface area contributed by atoms with Gasteiger partial charge in [0.2, 0.25) is 0 Å². The molecular weight excluding hydrogens is 476 g/mol. The summed E-state index contributed by atoms with van der Waals surface area (Å²) in [5, 5.41) is 3.52. The number of nitrogens with zero attached hydrogens (tertiary/aromatic N) is 5. The molecule has 3 amide bonds. The normalized spacial score (nSPS) is 13.4. The maximum Gasteiger partial charge on any atom is 0.407 e. The van der Waals surface area contributed by atoms with Gasteiger partial charge in [0.25, 0.3) is 11.8 Å². The molecule has 1 aliphatic rings. The molecule has 5 rings (SSSR count). The molecule has 0 bridgehead atoms. The molecule has 0 atom stereocenters. The third kappa shape index (κ3) is 4.85. The molecule has 11 nitrogen and oxygen atoms in total. The fourth-order valence-electron chi connectivity index (χ4n) is 4.17. The lowest BCUT2D eigenvalue weighted by Crippen LogP contribution is -2.33. The molecule has 0 spiro atoms. The van der Waals surface area contributed by atoms with Crippen molar-refractivity contribution < 1.29 is 24.0 Å². The molecule has 190 valence electrons. The second-order valence-corrected chi connectivity index (χ2v) is 9.55. The number of hydrogen-bond donors (Lipinski definition) is 1. The number of carbonyl (C=O) groups is 3. The highest BCUT2D eigenvalue weighted by Crippen LogP contribution is 2.26. The Morgan fingerprint density at radius 1 is 1.00 bits per heavy atom. The average Bonchev–Trinajstić information content (AvgIpc) is 3.34. The van der Waals surface area contributed by atoms with Gasteiger partial charge in [-0.05, 0) is 51.5 Å². The number of alkyl carbamates (subject to hydrolysis) is 1. The molecule has 0 saturated carbocycles. The van der Waals surface area contributed by atoms with Crippen LogP contribution in [0.3, 0.4) is 0 Å². The summed E-state index contributed by atoms with van der Waals surface area (Å²) in [4.78, 5) is 56.7. The summed E-state index contributed by atoms with van der Waals surface area (Å²) >= 11 is 0. The van der Waals surface area contributed by atoms with Crippen molar-refractivity contribution >= 4 is 40.0 Å². The molecule has 0 fully saturated rings. The molecule has 1 N–H and O–H groups in total. The molecule has 37 heavy (non-hydrogen) atoms. The SMILES string of the molecule is CC(C)(C)OC(=O)NCCCn1c(CON2C(=O)c3ccccc3C2=O)nc2cnc3cccnc3c21. The fourth-order valence-corrected chi connectivity index (χ4v) is 4.17. The molecule has 0 radical (unpaired) electrons. The van der Waals surface area contributed by atoms with Gasteiger partial charge in [0.15, 0.2) is 0 Å². The highest BCUT2D eigenvalue weighted by molar-refractivity contribution is 6.20. The topological polar surface area (TPSA) is 129 Å². The molecule has 11 heteroatoms. The fraction of sp³-hybridized carbons (Fsp3) is 0.308. The summed E-state index contributed by atoms with van der Waals surface area (Å²) in [7, 11) is 0. The number of aryl methyl sites for hydroxylation is 1. The first-order valence-corrected chi connectivity index (χ1v) is 11.9. The molecule has 1 aliphatic heterocycles. The molecule has 1 aromatic carbocycles. The van der Waals surface area contributed by atoms with Gasteiger partial charge >= 0.3 is 6.09 Å². The van der Waals surface area contributed by atoms with Crippen LogP contribution in [0.5, 0.6) is 0 Å². The van der Waals surface area contributed by atoms with Crippen molar-refractivity contribution in [2.45, 2.75) is 45.9 Å². The van der Waals surface area contributed by atoms with Gasteiger partial charge in [-0.2, -0.15) is 0 Å². The monoisotopic (exact) mass is 502 g/mol. The number of pyridine rings is 2. The maximum atomic E-state index is 12.7. The van der Waals surface area contributed by atoms with E-state index in [1.165, 1.54) is 0 Å². The van der Waals surface area contributed by atoms with Gasteiger partial charge in [-0.15, -0.1) is 5.06 Å². The van der Waals surface area contributed by atoms with E-state index in [2.05, 4.69) is 20.3 Å². The Morgan fingerprint density at radius 2 is 1.73 bits per heavy atom. The van der Waals surface area contributed by atoms with Gasteiger partial charge in [-0.1, -0.05) is 12.1 Å². The second-order valence-electron chi connectivity index (χ2n) is 9.55. The van der Waals surface area contributed by atoms with E-state index < -0.39 is 23.5 Å². The van der Waals surface area contributed by atoms with Crippen molar-refractivity contribution in [2.24, 2.45) is 0 Å². The van der Waals surface area contributed by atoms with Crippen LogP contribution in [0.4, 0.5) is 4.79 Å². The van der Waals surface area contributed by atoms with Gasteiger partial charge < -0.3 is 14.6 Å². The average molecular weight is 503 g/mol. The molecule has 4 aromatic rings. The molecule has 3 aromatic heterocycles. The van der Waals surface area contributed by atoms with Crippen LogP contribution in [0.15, 0.2) is 48.8 Å². The van der Waals surface area contributed by atoms with Crippen molar-refractivity contribution in [3.05, 3.63) is 65.7 Å². The number of amides is 3. The van der Waals surface area contributed by atoms with E-state index in [4.69, 9.17) is 9.57 Å². The number of hydroxylamine groups is 2. The number of benzene rings is 1. The first-order chi connectivity index (χ1) is 17.7. The second kappa shape index (κ2) is 9.58. The number of imide groups is 1. The Morgan fingerprint density at radius 3 is 2.43 bits per heavy atom. The molecule has 4 heterocycles. The van der Waals surface area contributed by atoms with Crippen molar-refractivity contribution in [3.8, 4) is 0 Å². The van der Waals surface area contributed by atoms with Crippen molar-refractivity contribution in [1.82, 2.24) is 29.9 Å². The number of carbonyl (C=O) groups excluding carboxylic acids is 3. The number of aromatic nitrogens is 4. The number of rotatable bonds is 7. The van der Waals surface area contributed by atoms with Crippen LogP contribution in [-0.4, -0.2) is 54.6 Å². The Kier molecular flexibility index (Phi) is 6.30. The number of ether oxygens (including phenoxy) is 1. The molecule has 0 unspecified atom stereocenters. The lowest BCUT2D eigenvalue weighted by atomic mass is 10.1. The predicted octanol–water partition coefficient (Wildman–Crippen LogP) is 3.62. The van der Waals surface area contributed by atoms with Crippen LogP contribution >= 0.6 is 0 Å². The smallest absolute Gasteiger partial charge is 0.407 e. The molecule has 0 aliphatic carbocycles. The Hall–Kier alpha value is -4.38. The van der Waals surface area contributed by atoms with Gasteiger partial charge in [0.05, 0.1) is 28.4 Å². The summed E-state index contributed by atoms with van der Waals surface area (Å²) < 4.78 is 7.21. The lowest BCUT2D eigenvalue weighted by Gasteiger charge is -2.19. The number of nitrogens with one attached hydrogen (secondary N) is 1. The van der Waals surface area contributed by atoms with E-state index >= 15 is 0 Å². The Balaban J connectivity index is 1.38. The molecular formula is C26H26N6O5. The summed E-state index contributed by atoms with van der Waals surface area (Å²) in [6, 6.07) is 10.2. The third-order valence-electron chi connectivity index (χ3n) is 5.72. The standard InChI is InChI=1S/C26H26N6O5/c1-26(2,3)37-25(35)28-12-7-13-31-20(30-19-14-29-18-10-6-11-27-21(18)22(19)31)15-36-32-23(33)16-8-4-5-9-17(16)24(32)34/h4-6,8-11,14H,7,12-13,15H2,1-3H3,(H,28,35). The van der Waals surface area contributed by atoms with E-state index in [1.807, 2.05) is 10.6 Å². The maximum absolute atomic E-state index is 12.7. The van der Waals surface area contributed by atoms with Crippen LogP contribution < -0.4 is 5.32 Å². The highest BCUT2D eigenvalue weighted by atomic mass is 16.7. The van der Waals surface area contributed by atoms with E-state index in [0.29, 0.717) is 53.0 Å². The van der Waals surface area contributed by atoms with Crippen molar-refractivity contribution in [1.29, 1.82) is 0 Å². The predicted molar refractivity (Wildman–Crippen MR) is 133 cm³/mol. The molecule has 0 saturated heterocycles. The number of hydrogen-bond acceptors (Lipinski definition) is 8. The number of imidazole rings is 1. The summed E-state index contributed by atoms with van der Waals surface area (Å²) in [6.07, 6.45) is 3.40. The van der Waals surface area contributed by atoms with Gasteiger partial charge in [0, 0.05) is 19.3 Å². The third-order valence-corrected chi connectivity index (χ3v) is 5.72. The Bertz CT molecular complexity index is 1490. The van der Waals surface area contributed by atoms with Gasteiger partial charge in [-0.25, -0.2) is 9.78 Å². The zero-order chi connectivity index (χ0) is 26.2. The first kappa shape index (κ1) is 24.3. The van der Waals surface area contributed by atoms with E-state index in [9.17, 15) is 14.4 Å². The van der Waals surface area contributed by atoms with Crippen LogP contribution in [0.1, 0.15) is 53.7 Å².